The van der Waals surface area contributed by atoms with Gasteiger partial charge in [-0.1, -0.05) is 25.1 Å². The molecule has 0 fully saturated rings. The quantitative estimate of drug-likeness (QED) is 0.837. The van der Waals surface area contributed by atoms with E-state index in [1.54, 1.807) is 6.07 Å². The van der Waals surface area contributed by atoms with Crippen molar-refractivity contribution in [2.75, 3.05) is 21.1 Å². The van der Waals surface area contributed by atoms with Crippen molar-refractivity contribution in [3.8, 4) is 0 Å². The first-order valence-corrected chi connectivity index (χ1v) is 6.53. The van der Waals surface area contributed by atoms with Gasteiger partial charge >= 0.3 is 0 Å². The van der Waals surface area contributed by atoms with Crippen LogP contribution in [-0.2, 0) is 6.42 Å². The van der Waals surface area contributed by atoms with Crippen molar-refractivity contribution < 1.29 is 4.39 Å². The van der Waals surface area contributed by atoms with Gasteiger partial charge in [0, 0.05) is 11.6 Å². The molecule has 18 heavy (non-hydrogen) atoms. The summed E-state index contributed by atoms with van der Waals surface area (Å²) < 4.78 is 13.7. The Bertz CT molecular complexity index is 379. The summed E-state index contributed by atoms with van der Waals surface area (Å²) in [4.78, 5) is 2.22. The summed E-state index contributed by atoms with van der Waals surface area (Å²) in [5, 5.41) is 3.34. The molecule has 0 aromatic heterocycles. The molecule has 2 nitrogen and oxygen atoms in total. The van der Waals surface area contributed by atoms with Gasteiger partial charge in [0.15, 0.2) is 0 Å². The Labute approximate surface area is 110 Å². The highest BCUT2D eigenvalue weighted by Crippen LogP contribution is 2.24. The van der Waals surface area contributed by atoms with E-state index >= 15 is 0 Å². The first-order valence-electron chi connectivity index (χ1n) is 6.53. The third kappa shape index (κ3) is 3.09. The van der Waals surface area contributed by atoms with E-state index in [0.717, 1.165) is 12.0 Å². The Morgan fingerprint density at radius 2 is 1.94 bits per heavy atom. The number of hydrogen-bond acceptors (Lipinski definition) is 2. The molecule has 1 rings (SSSR count). The third-order valence-electron chi connectivity index (χ3n) is 4.22. The van der Waals surface area contributed by atoms with Crippen molar-refractivity contribution in [2.24, 2.45) is 0 Å². The molecule has 102 valence electrons. The molecule has 1 N–H and O–H groups in total. The van der Waals surface area contributed by atoms with Crippen LogP contribution in [0.15, 0.2) is 24.3 Å². The highest BCUT2D eigenvalue weighted by atomic mass is 19.1. The van der Waals surface area contributed by atoms with Crippen LogP contribution in [0.3, 0.4) is 0 Å². The van der Waals surface area contributed by atoms with Crippen LogP contribution >= 0.6 is 0 Å². The standard InChI is InChI=1S/C15H25FN2/c1-6-15(2,18(4)5)14(17-3)11-12-9-7-8-10-13(12)16/h7-10,14,17H,6,11H2,1-5H3. The lowest BCUT2D eigenvalue weighted by Crippen LogP contribution is -2.57. The van der Waals surface area contributed by atoms with Crippen LogP contribution in [0.1, 0.15) is 25.8 Å². The number of benzene rings is 1. The van der Waals surface area contributed by atoms with Gasteiger partial charge in [-0.15, -0.1) is 0 Å². The minimum atomic E-state index is -0.116. The van der Waals surface area contributed by atoms with Gasteiger partial charge in [-0.05, 0) is 52.5 Å². The molecule has 0 saturated carbocycles. The second-order valence-electron chi connectivity index (χ2n) is 5.24. The van der Waals surface area contributed by atoms with Crippen LogP contribution in [0.25, 0.3) is 0 Å². The third-order valence-corrected chi connectivity index (χ3v) is 4.22. The summed E-state index contributed by atoms with van der Waals surface area (Å²) in [5.74, 6) is -0.116. The molecule has 0 amide bonds. The van der Waals surface area contributed by atoms with Crippen LogP contribution in [0.4, 0.5) is 4.39 Å². The fraction of sp³-hybridized carbons (Fsp3) is 0.600. The molecule has 0 aliphatic rings. The van der Waals surface area contributed by atoms with Crippen molar-refractivity contribution in [3.05, 3.63) is 35.6 Å². The molecule has 2 unspecified atom stereocenters. The Morgan fingerprint density at radius 3 is 2.39 bits per heavy atom. The minimum Gasteiger partial charge on any atom is -0.315 e. The van der Waals surface area contributed by atoms with E-state index in [1.807, 2.05) is 19.2 Å². The van der Waals surface area contributed by atoms with Crippen LogP contribution in [0.5, 0.6) is 0 Å². The van der Waals surface area contributed by atoms with Gasteiger partial charge in [0.2, 0.25) is 0 Å². The lowest BCUT2D eigenvalue weighted by atomic mass is 9.84. The second-order valence-corrected chi connectivity index (χ2v) is 5.24. The van der Waals surface area contributed by atoms with Gasteiger partial charge in [-0.2, -0.15) is 0 Å². The topological polar surface area (TPSA) is 15.3 Å². The van der Waals surface area contributed by atoms with Gasteiger partial charge < -0.3 is 10.2 Å². The molecule has 1 aromatic rings. The van der Waals surface area contributed by atoms with Crippen LogP contribution in [0.2, 0.25) is 0 Å². The average molecular weight is 252 g/mol. The average Bonchev–Trinajstić information content (AvgIpc) is 2.36. The first kappa shape index (κ1) is 15.1. The van der Waals surface area contributed by atoms with Crippen molar-refractivity contribution in [3.63, 3.8) is 0 Å². The molecule has 0 spiro atoms. The zero-order valence-corrected chi connectivity index (χ0v) is 12.1. The Morgan fingerprint density at radius 1 is 1.33 bits per heavy atom. The SMILES string of the molecule is CCC(C)(C(Cc1ccccc1F)NC)N(C)C. The smallest absolute Gasteiger partial charge is 0.126 e. The predicted octanol–water partition coefficient (Wildman–Crippen LogP) is 2.69. The molecular weight excluding hydrogens is 227 g/mol. The fourth-order valence-corrected chi connectivity index (χ4v) is 2.39. The Balaban J connectivity index is 2.94. The fourth-order valence-electron chi connectivity index (χ4n) is 2.39. The highest BCUT2D eigenvalue weighted by molar-refractivity contribution is 5.19. The van der Waals surface area contributed by atoms with Crippen molar-refractivity contribution in [2.45, 2.75) is 38.3 Å². The summed E-state index contributed by atoms with van der Waals surface area (Å²) >= 11 is 0. The van der Waals surface area contributed by atoms with E-state index in [4.69, 9.17) is 0 Å². The Hall–Kier alpha value is -0.930. The molecule has 0 radical (unpaired) electrons. The van der Waals surface area contributed by atoms with E-state index in [9.17, 15) is 4.39 Å². The lowest BCUT2D eigenvalue weighted by molar-refractivity contribution is 0.116. The molecule has 0 aliphatic carbocycles. The summed E-state index contributed by atoms with van der Waals surface area (Å²) in [6.45, 7) is 4.39. The predicted molar refractivity (Wildman–Crippen MR) is 75.3 cm³/mol. The van der Waals surface area contributed by atoms with Gasteiger partial charge in [-0.25, -0.2) is 4.39 Å². The molecule has 3 heteroatoms. The van der Waals surface area contributed by atoms with Crippen LogP contribution in [-0.4, -0.2) is 37.6 Å². The molecular formula is C15H25FN2. The molecule has 0 heterocycles. The molecule has 0 saturated heterocycles. The van der Waals surface area contributed by atoms with Gasteiger partial charge in [-0.3, -0.25) is 0 Å². The van der Waals surface area contributed by atoms with E-state index in [1.165, 1.54) is 6.07 Å². The number of likely N-dealkylation sites (N-methyl/N-ethyl adjacent to an activating group) is 2. The number of rotatable bonds is 6. The van der Waals surface area contributed by atoms with Crippen molar-refractivity contribution in [1.29, 1.82) is 0 Å². The number of nitrogens with zero attached hydrogens (tertiary/aromatic N) is 1. The largest absolute Gasteiger partial charge is 0.315 e. The van der Waals surface area contributed by atoms with E-state index in [2.05, 4.69) is 38.2 Å². The van der Waals surface area contributed by atoms with Crippen molar-refractivity contribution in [1.82, 2.24) is 10.2 Å². The monoisotopic (exact) mass is 252 g/mol. The minimum absolute atomic E-state index is 0.0109. The zero-order chi connectivity index (χ0) is 13.8. The maximum Gasteiger partial charge on any atom is 0.126 e. The van der Waals surface area contributed by atoms with Crippen molar-refractivity contribution >= 4 is 0 Å². The summed E-state index contributed by atoms with van der Waals surface area (Å²) in [7, 11) is 6.10. The molecule has 1 aromatic carbocycles. The van der Waals surface area contributed by atoms with Crippen LogP contribution < -0.4 is 5.32 Å². The highest BCUT2D eigenvalue weighted by Gasteiger charge is 2.34. The summed E-state index contributed by atoms with van der Waals surface area (Å²) in [5.41, 5.74) is 0.787. The van der Waals surface area contributed by atoms with E-state index in [0.29, 0.717) is 6.42 Å². The van der Waals surface area contributed by atoms with Gasteiger partial charge in [0.1, 0.15) is 5.82 Å². The Kier molecular flexibility index (Phi) is 5.29. The number of halogens is 1. The van der Waals surface area contributed by atoms with E-state index < -0.39 is 0 Å². The maximum absolute atomic E-state index is 13.7. The van der Waals surface area contributed by atoms with E-state index in [-0.39, 0.29) is 17.4 Å². The maximum atomic E-state index is 13.7. The molecule has 2 atom stereocenters. The normalized spacial score (nSPS) is 16.6. The van der Waals surface area contributed by atoms with Gasteiger partial charge in [0.05, 0.1) is 0 Å². The van der Waals surface area contributed by atoms with Gasteiger partial charge in [0.25, 0.3) is 0 Å². The lowest BCUT2D eigenvalue weighted by Gasteiger charge is -2.42. The molecule has 0 aliphatic heterocycles. The first-order chi connectivity index (χ1) is 8.45. The summed E-state index contributed by atoms with van der Waals surface area (Å²) in [6, 6.07) is 7.24. The van der Waals surface area contributed by atoms with Crippen LogP contribution in [0, 0.1) is 5.82 Å². The number of hydrogen-bond donors (Lipinski definition) is 1. The number of nitrogens with one attached hydrogen (secondary N) is 1. The second kappa shape index (κ2) is 6.30. The zero-order valence-electron chi connectivity index (χ0n) is 12.1. The molecule has 0 bridgehead atoms. The summed E-state index contributed by atoms with van der Waals surface area (Å²) in [6.07, 6.45) is 1.71.